The van der Waals surface area contributed by atoms with E-state index in [9.17, 15) is 13.9 Å². The molecule has 2 aromatic carbocycles. The van der Waals surface area contributed by atoms with E-state index in [1.54, 1.807) is 39.0 Å². The average Bonchev–Trinajstić information content (AvgIpc) is 2.96. The van der Waals surface area contributed by atoms with Crippen LogP contribution >= 0.6 is 0 Å². The van der Waals surface area contributed by atoms with Crippen molar-refractivity contribution in [2.24, 2.45) is 0 Å². The van der Waals surface area contributed by atoms with Crippen LogP contribution in [0, 0.1) is 12.7 Å². The van der Waals surface area contributed by atoms with Gasteiger partial charge in [0, 0.05) is 35.7 Å². The molecule has 0 radical (unpaired) electrons. The Hall–Kier alpha value is -4.00. The van der Waals surface area contributed by atoms with E-state index < -0.39 is 36.2 Å². The Morgan fingerprint density at radius 1 is 1.07 bits per heavy atom. The Balaban J connectivity index is 1.70. The van der Waals surface area contributed by atoms with Gasteiger partial charge >= 0.3 is 0 Å². The second-order valence-electron chi connectivity index (χ2n) is 10.3. The van der Waals surface area contributed by atoms with Gasteiger partial charge in [0.25, 0.3) is 5.92 Å². The molecule has 0 saturated carbocycles. The van der Waals surface area contributed by atoms with Gasteiger partial charge in [-0.1, -0.05) is 12.1 Å². The Labute approximate surface area is 242 Å². The SMILES string of the molecule is COc1ncc(N(C)c2ccc3nc(C)nc(N[C@H](C)c4cccc(C(F)(F)CO)c4F)c3c2)cc1CC(O)N(C)C. The summed E-state index contributed by atoms with van der Waals surface area (Å²) < 4.78 is 48.8. The predicted molar refractivity (Wildman–Crippen MR) is 156 cm³/mol. The number of fused-ring (bicyclic) bond motifs is 1. The summed E-state index contributed by atoms with van der Waals surface area (Å²) in [6.45, 7) is 1.87. The van der Waals surface area contributed by atoms with E-state index in [-0.39, 0.29) is 5.56 Å². The molecule has 2 heterocycles. The summed E-state index contributed by atoms with van der Waals surface area (Å²) in [5.74, 6) is -3.50. The first kappa shape index (κ1) is 30.9. The summed E-state index contributed by atoms with van der Waals surface area (Å²) in [6, 6.07) is 10.5. The molecular formula is C30H35F3N6O3. The van der Waals surface area contributed by atoms with Crippen LogP contribution in [-0.4, -0.2) is 71.2 Å². The molecule has 4 aromatic rings. The smallest absolute Gasteiger partial charge is 0.298 e. The van der Waals surface area contributed by atoms with Crippen molar-refractivity contribution in [1.29, 1.82) is 0 Å². The van der Waals surface area contributed by atoms with Crippen LogP contribution < -0.4 is 15.0 Å². The fraction of sp³-hybridized carbons (Fsp3) is 0.367. The number of hydrogen-bond acceptors (Lipinski definition) is 9. The average molecular weight is 585 g/mol. The number of aryl methyl sites for hydroxylation is 1. The summed E-state index contributed by atoms with van der Waals surface area (Å²) in [5, 5.41) is 23.3. The normalized spacial score (nSPS) is 13.3. The highest BCUT2D eigenvalue weighted by molar-refractivity contribution is 5.92. The third-order valence-corrected chi connectivity index (χ3v) is 7.11. The number of rotatable bonds is 11. The predicted octanol–water partition coefficient (Wildman–Crippen LogP) is 4.93. The summed E-state index contributed by atoms with van der Waals surface area (Å²) in [4.78, 5) is 17.1. The number of anilines is 3. The minimum absolute atomic E-state index is 0.00932. The van der Waals surface area contributed by atoms with E-state index in [0.29, 0.717) is 34.8 Å². The van der Waals surface area contributed by atoms with Gasteiger partial charge in [0.1, 0.15) is 30.3 Å². The first-order valence-corrected chi connectivity index (χ1v) is 13.3. The summed E-state index contributed by atoms with van der Waals surface area (Å²) >= 11 is 0. The number of halogens is 3. The quantitative estimate of drug-likeness (QED) is 0.212. The zero-order valence-electron chi connectivity index (χ0n) is 24.4. The fourth-order valence-electron chi connectivity index (χ4n) is 4.61. The van der Waals surface area contributed by atoms with E-state index in [4.69, 9.17) is 9.84 Å². The summed E-state index contributed by atoms with van der Waals surface area (Å²) in [5.41, 5.74) is 2.03. The lowest BCUT2D eigenvalue weighted by atomic mass is 10.00. The third kappa shape index (κ3) is 6.40. The summed E-state index contributed by atoms with van der Waals surface area (Å²) in [7, 11) is 6.95. The number of alkyl halides is 2. The standard InChI is InChI=1S/C30H35F3N6O3/c1-17(22-8-7-9-24(27(22)31)30(32,33)16-40)35-28-23-14-20(10-11-25(23)36-18(2)37-28)39(5)21-12-19(13-26(41)38(3)4)29(42-6)34-15-21/h7-12,14-15,17,26,40-41H,13,16H2,1-6H3,(H,35,36,37)/t17-,26?/m1/s1. The molecule has 224 valence electrons. The lowest BCUT2D eigenvalue weighted by molar-refractivity contribution is -0.0583. The van der Waals surface area contributed by atoms with Gasteiger partial charge in [-0.15, -0.1) is 0 Å². The highest BCUT2D eigenvalue weighted by Crippen LogP contribution is 2.35. The van der Waals surface area contributed by atoms with E-state index in [1.807, 2.05) is 36.2 Å². The molecule has 0 fully saturated rings. The number of likely N-dealkylation sites (N-methyl/N-ethyl adjacent to an activating group) is 1. The first-order chi connectivity index (χ1) is 19.9. The Morgan fingerprint density at radius 3 is 2.48 bits per heavy atom. The van der Waals surface area contributed by atoms with Gasteiger partial charge in [0.15, 0.2) is 0 Å². The zero-order valence-corrected chi connectivity index (χ0v) is 24.4. The highest BCUT2D eigenvalue weighted by Gasteiger charge is 2.35. The van der Waals surface area contributed by atoms with E-state index >= 15 is 4.39 Å². The van der Waals surface area contributed by atoms with Crippen molar-refractivity contribution >= 4 is 28.1 Å². The number of methoxy groups -OCH3 is 1. The maximum absolute atomic E-state index is 15.2. The van der Waals surface area contributed by atoms with Gasteiger partial charge in [0.2, 0.25) is 5.88 Å². The van der Waals surface area contributed by atoms with E-state index in [0.717, 1.165) is 23.0 Å². The molecule has 3 N–H and O–H groups in total. The molecule has 0 aliphatic heterocycles. The van der Waals surface area contributed by atoms with Gasteiger partial charge < -0.3 is 25.2 Å². The van der Waals surface area contributed by atoms with Crippen molar-refractivity contribution in [3.63, 3.8) is 0 Å². The van der Waals surface area contributed by atoms with Crippen molar-refractivity contribution in [3.05, 3.63) is 77.0 Å². The first-order valence-electron chi connectivity index (χ1n) is 13.3. The van der Waals surface area contributed by atoms with Crippen molar-refractivity contribution in [3.8, 4) is 5.88 Å². The maximum atomic E-state index is 15.2. The van der Waals surface area contributed by atoms with Crippen molar-refractivity contribution < 1.29 is 28.1 Å². The van der Waals surface area contributed by atoms with Crippen LogP contribution in [0.3, 0.4) is 0 Å². The number of aliphatic hydroxyl groups excluding tert-OH is 2. The highest BCUT2D eigenvalue weighted by atomic mass is 19.3. The summed E-state index contributed by atoms with van der Waals surface area (Å²) in [6.07, 6.45) is 1.25. The van der Waals surface area contributed by atoms with Gasteiger partial charge in [-0.25, -0.2) is 19.3 Å². The molecule has 1 unspecified atom stereocenters. The topological polar surface area (TPSA) is 107 Å². The van der Waals surface area contributed by atoms with Crippen LogP contribution in [-0.2, 0) is 12.3 Å². The van der Waals surface area contributed by atoms with Crippen molar-refractivity contribution in [1.82, 2.24) is 19.9 Å². The molecule has 4 rings (SSSR count). The van der Waals surface area contributed by atoms with Gasteiger partial charge in [-0.3, -0.25) is 4.90 Å². The number of aliphatic hydroxyl groups is 2. The van der Waals surface area contributed by atoms with Crippen LogP contribution in [0.5, 0.6) is 5.88 Å². The number of nitrogens with one attached hydrogen (secondary N) is 1. The minimum Gasteiger partial charge on any atom is -0.481 e. The molecular weight excluding hydrogens is 549 g/mol. The second-order valence-corrected chi connectivity index (χ2v) is 10.3. The Morgan fingerprint density at radius 2 is 1.81 bits per heavy atom. The second kappa shape index (κ2) is 12.5. The van der Waals surface area contributed by atoms with Crippen LogP contribution in [0.2, 0.25) is 0 Å². The van der Waals surface area contributed by atoms with Gasteiger partial charge in [0.05, 0.1) is 36.1 Å². The molecule has 0 aliphatic rings. The number of pyridine rings is 1. The van der Waals surface area contributed by atoms with Gasteiger partial charge in [-0.2, -0.15) is 8.78 Å². The maximum Gasteiger partial charge on any atom is 0.298 e. The molecule has 2 atom stereocenters. The molecule has 0 spiro atoms. The number of hydrogen-bond donors (Lipinski definition) is 3. The Bertz CT molecular complexity index is 1570. The molecule has 0 saturated heterocycles. The lowest BCUT2D eigenvalue weighted by Gasteiger charge is -2.24. The molecule has 42 heavy (non-hydrogen) atoms. The number of benzene rings is 2. The van der Waals surface area contributed by atoms with Crippen LogP contribution in [0.4, 0.5) is 30.4 Å². The number of aromatic nitrogens is 3. The minimum atomic E-state index is -3.71. The van der Waals surface area contributed by atoms with Crippen molar-refractivity contribution in [2.75, 3.05) is 45.1 Å². The fourth-order valence-corrected chi connectivity index (χ4v) is 4.61. The van der Waals surface area contributed by atoms with Crippen LogP contribution in [0.15, 0.2) is 48.7 Å². The van der Waals surface area contributed by atoms with Crippen LogP contribution in [0.1, 0.15) is 35.5 Å². The van der Waals surface area contributed by atoms with Crippen LogP contribution in [0.25, 0.3) is 10.9 Å². The zero-order chi connectivity index (χ0) is 30.8. The lowest BCUT2D eigenvalue weighted by Crippen LogP contribution is -2.29. The molecule has 12 heteroatoms. The molecule has 0 aliphatic carbocycles. The third-order valence-electron chi connectivity index (χ3n) is 7.11. The molecule has 0 amide bonds. The van der Waals surface area contributed by atoms with Gasteiger partial charge in [-0.05, 0) is 58.3 Å². The van der Waals surface area contributed by atoms with Crippen molar-refractivity contribution in [2.45, 2.75) is 38.5 Å². The largest absolute Gasteiger partial charge is 0.481 e. The molecule has 0 bridgehead atoms. The van der Waals surface area contributed by atoms with E-state index in [2.05, 4.69) is 20.3 Å². The van der Waals surface area contributed by atoms with E-state index in [1.165, 1.54) is 19.2 Å². The monoisotopic (exact) mass is 584 g/mol. The molecule has 9 nitrogen and oxygen atoms in total. The Kier molecular flexibility index (Phi) is 9.19. The molecule has 2 aromatic heterocycles. The number of ether oxygens (including phenoxy) is 1. The number of nitrogens with zero attached hydrogens (tertiary/aromatic N) is 5.